The summed E-state index contributed by atoms with van der Waals surface area (Å²) >= 11 is 3.38. The molecule has 3 rings (SSSR count). The third-order valence-corrected chi connectivity index (χ3v) is 4.39. The maximum Gasteiger partial charge on any atom is 0.343 e. The predicted octanol–water partition coefficient (Wildman–Crippen LogP) is 5.45. The predicted molar refractivity (Wildman–Crippen MR) is 106 cm³/mol. The third-order valence-electron chi connectivity index (χ3n) is 3.86. The van der Waals surface area contributed by atoms with Crippen LogP contribution in [0.25, 0.3) is 0 Å². The summed E-state index contributed by atoms with van der Waals surface area (Å²) in [5.74, 6) is 0.557. The zero-order valence-corrected chi connectivity index (χ0v) is 16.2. The molecule has 0 aliphatic rings. The van der Waals surface area contributed by atoms with Crippen molar-refractivity contribution in [3.63, 3.8) is 0 Å². The molecular formula is C22H17BrO4. The Hall–Kier alpha value is -2.92. The molecule has 3 aromatic carbocycles. The van der Waals surface area contributed by atoms with Crippen LogP contribution in [0.15, 0.2) is 77.3 Å². The van der Waals surface area contributed by atoms with Gasteiger partial charge in [0.05, 0.1) is 5.56 Å². The number of ether oxygens (including phenoxy) is 2. The van der Waals surface area contributed by atoms with Gasteiger partial charge >= 0.3 is 5.97 Å². The summed E-state index contributed by atoms with van der Waals surface area (Å²) in [6, 6.07) is 21.2. The molecule has 0 unspecified atom stereocenters. The highest BCUT2D eigenvalue weighted by Gasteiger charge is 2.10. The molecule has 0 heterocycles. The standard InChI is InChI=1S/C22H17BrO4/c1-15(24)18-3-2-4-21(13-18)27-22(25)17-7-5-16(6-8-17)14-26-20-11-9-19(23)10-12-20/h2-13H,14H2,1H3. The second kappa shape index (κ2) is 8.64. The molecule has 3 aromatic rings. The molecule has 0 aliphatic heterocycles. The Morgan fingerprint density at radius 3 is 2.22 bits per heavy atom. The second-order valence-electron chi connectivity index (χ2n) is 5.91. The number of hydrogen-bond acceptors (Lipinski definition) is 4. The first-order chi connectivity index (χ1) is 13.0. The summed E-state index contributed by atoms with van der Waals surface area (Å²) in [4.78, 5) is 23.7. The number of ketones is 1. The third kappa shape index (κ3) is 5.28. The first-order valence-electron chi connectivity index (χ1n) is 8.32. The molecule has 0 N–H and O–H groups in total. The molecule has 5 heteroatoms. The van der Waals surface area contributed by atoms with E-state index in [-0.39, 0.29) is 5.78 Å². The SMILES string of the molecule is CC(=O)c1cccc(OC(=O)c2ccc(COc3ccc(Br)cc3)cc2)c1. The summed E-state index contributed by atoms with van der Waals surface area (Å²) in [5, 5.41) is 0. The van der Waals surface area contributed by atoms with E-state index < -0.39 is 5.97 Å². The molecule has 0 atom stereocenters. The Kier molecular flexibility index (Phi) is 6.04. The quantitative estimate of drug-likeness (QED) is 0.300. The van der Waals surface area contributed by atoms with Crippen LogP contribution in [0.1, 0.15) is 33.2 Å². The zero-order valence-electron chi connectivity index (χ0n) is 14.6. The smallest absolute Gasteiger partial charge is 0.343 e. The van der Waals surface area contributed by atoms with Gasteiger partial charge in [0.25, 0.3) is 0 Å². The van der Waals surface area contributed by atoms with Gasteiger partial charge in [-0.15, -0.1) is 0 Å². The lowest BCUT2D eigenvalue weighted by atomic mass is 10.1. The van der Waals surface area contributed by atoms with Gasteiger partial charge in [0.1, 0.15) is 18.1 Å². The summed E-state index contributed by atoms with van der Waals surface area (Å²) in [7, 11) is 0. The molecule has 0 radical (unpaired) electrons. The van der Waals surface area contributed by atoms with Gasteiger partial charge in [-0.3, -0.25) is 4.79 Å². The van der Waals surface area contributed by atoms with E-state index in [1.807, 2.05) is 36.4 Å². The number of esters is 1. The van der Waals surface area contributed by atoms with Crippen molar-refractivity contribution in [3.8, 4) is 11.5 Å². The molecule has 0 bridgehead atoms. The fourth-order valence-electron chi connectivity index (χ4n) is 2.38. The molecular weight excluding hydrogens is 408 g/mol. The van der Waals surface area contributed by atoms with Gasteiger partial charge in [-0.1, -0.05) is 40.2 Å². The molecule has 136 valence electrons. The first kappa shape index (κ1) is 18.9. The minimum absolute atomic E-state index is 0.0805. The largest absolute Gasteiger partial charge is 0.489 e. The average Bonchev–Trinajstić information content (AvgIpc) is 2.68. The Morgan fingerprint density at radius 2 is 1.56 bits per heavy atom. The second-order valence-corrected chi connectivity index (χ2v) is 6.83. The summed E-state index contributed by atoms with van der Waals surface area (Å²) in [6.45, 7) is 1.87. The molecule has 0 saturated carbocycles. The van der Waals surface area contributed by atoms with E-state index >= 15 is 0 Å². The van der Waals surface area contributed by atoms with Crippen molar-refractivity contribution in [1.82, 2.24) is 0 Å². The van der Waals surface area contributed by atoms with E-state index in [1.165, 1.54) is 6.92 Å². The number of benzene rings is 3. The van der Waals surface area contributed by atoms with E-state index in [2.05, 4.69) is 15.9 Å². The van der Waals surface area contributed by atoms with E-state index in [0.29, 0.717) is 23.5 Å². The van der Waals surface area contributed by atoms with Gasteiger partial charge in [-0.2, -0.15) is 0 Å². The van der Waals surface area contributed by atoms with Crippen LogP contribution in [0.5, 0.6) is 11.5 Å². The minimum Gasteiger partial charge on any atom is -0.489 e. The number of carbonyl (C=O) groups is 2. The van der Waals surface area contributed by atoms with Crippen molar-refractivity contribution >= 4 is 27.7 Å². The number of rotatable bonds is 6. The van der Waals surface area contributed by atoms with Crippen LogP contribution in [-0.4, -0.2) is 11.8 Å². The molecule has 0 fully saturated rings. The Balaban J connectivity index is 1.60. The van der Waals surface area contributed by atoms with Gasteiger partial charge in [-0.05, 0) is 61.0 Å². The Morgan fingerprint density at radius 1 is 0.852 bits per heavy atom. The van der Waals surface area contributed by atoms with Crippen LogP contribution in [0, 0.1) is 0 Å². The molecule has 27 heavy (non-hydrogen) atoms. The Labute approximate surface area is 165 Å². The highest BCUT2D eigenvalue weighted by atomic mass is 79.9. The first-order valence-corrected chi connectivity index (χ1v) is 9.11. The molecule has 4 nitrogen and oxygen atoms in total. The molecule has 0 aliphatic carbocycles. The lowest BCUT2D eigenvalue weighted by Crippen LogP contribution is -2.09. The molecule has 0 spiro atoms. The van der Waals surface area contributed by atoms with Crippen molar-refractivity contribution in [3.05, 3.63) is 94.0 Å². The van der Waals surface area contributed by atoms with Gasteiger partial charge < -0.3 is 9.47 Å². The number of halogens is 1. The lowest BCUT2D eigenvalue weighted by Gasteiger charge is -2.08. The van der Waals surface area contributed by atoms with Crippen LogP contribution in [0.2, 0.25) is 0 Å². The zero-order chi connectivity index (χ0) is 19.2. The summed E-state index contributed by atoms with van der Waals surface area (Å²) in [5.41, 5.74) is 1.87. The maximum absolute atomic E-state index is 12.3. The summed E-state index contributed by atoms with van der Waals surface area (Å²) < 4.78 is 12.0. The monoisotopic (exact) mass is 424 g/mol. The van der Waals surface area contributed by atoms with Crippen molar-refractivity contribution in [2.75, 3.05) is 0 Å². The maximum atomic E-state index is 12.3. The van der Waals surface area contributed by atoms with Crippen molar-refractivity contribution in [2.24, 2.45) is 0 Å². The number of carbonyl (C=O) groups excluding carboxylic acids is 2. The highest BCUT2D eigenvalue weighted by molar-refractivity contribution is 9.10. The van der Waals surface area contributed by atoms with E-state index in [9.17, 15) is 9.59 Å². The van der Waals surface area contributed by atoms with Crippen LogP contribution in [0.4, 0.5) is 0 Å². The van der Waals surface area contributed by atoms with Crippen LogP contribution in [0.3, 0.4) is 0 Å². The Bertz CT molecular complexity index is 947. The fourth-order valence-corrected chi connectivity index (χ4v) is 2.64. The van der Waals surface area contributed by atoms with Crippen LogP contribution < -0.4 is 9.47 Å². The van der Waals surface area contributed by atoms with Crippen molar-refractivity contribution in [1.29, 1.82) is 0 Å². The highest BCUT2D eigenvalue weighted by Crippen LogP contribution is 2.18. The van der Waals surface area contributed by atoms with Gasteiger partial charge in [0, 0.05) is 10.0 Å². The number of Topliss-reactive ketones (excluding diaryl/α,β-unsaturated/α-hetero) is 1. The van der Waals surface area contributed by atoms with E-state index in [1.54, 1.807) is 36.4 Å². The van der Waals surface area contributed by atoms with E-state index in [0.717, 1.165) is 15.8 Å². The van der Waals surface area contributed by atoms with Gasteiger partial charge in [0.2, 0.25) is 0 Å². The van der Waals surface area contributed by atoms with Crippen LogP contribution in [-0.2, 0) is 6.61 Å². The van der Waals surface area contributed by atoms with Crippen molar-refractivity contribution < 1.29 is 19.1 Å². The minimum atomic E-state index is -0.476. The molecule has 0 saturated heterocycles. The fraction of sp³-hybridized carbons (Fsp3) is 0.0909. The normalized spacial score (nSPS) is 10.3. The van der Waals surface area contributed by atoms with Gasteiger partial charge in [-0.25, -0.2) is 4.79 Å². The van der Waals surface area contributed by atoms with Gasteiger partial charge in [0.15, 0.2) is 5.78 Å². The van der Waals surface area contributed by atoms with Crippen molar-refractivity contribution in [2.45, 2.75) is 13.5 Å². The van der Waals surface area contributed by atoms with E-state index in [4.69, 9.17) is 9.47 Å². The summed E-state index contributed by atoms with van der Waals surface area (Å²) in [6.07, 6.45) is 0. The molecule has 0 aromatic heterocycles. The topological polar surface area (TPSA) is 52.6 Å². The average molecular weight is 425 g/mol. The lowest BCUT2D eigenvalue weighted by molar-refractivity contribution is 0.0733. The van der Waals surface area contributed by atoms with Crippen LogP contribution >= 0.6 is 15.9 Å². The molecule has 0 amide bonds. The number of hydrogen-bond donors (Lipinski definition) is 0.